The zero-order valence-corrected chi connectivity index (χ0v) is 13.1. The molecule has 0 aromatic heterocycles. The van der Waals surface area contributed by atoms with Crippen LogP contribution in [-0.4, -0.2) is 30.9 Å². The average Bonchev–Trinajstić information content (AvgIpc) is 2.54. The number of rotatable bonds is 3. The summed E-state index contributed by atoms with van der Waals surface area (Å²) in [5.41, 5.74) is 0.642. The normalized spacial score (nSPS) is 27.3. The molecule has 1 N–H and O–H groups in total. The second-order valence-electron chi connectivity index (χ2n) is 6.26. The number of hydrogen-bond acceptors (Lipinski definition) is 3. The van der Waals surface area contributed by atoms with E-state index in [1.165, 1.54) is 19.3 Å². The summed E-state index contributed by atoms with van der Waals surface area (Å²) in [5.74, 6) is 1.25. The lowest BCUT2D eigenvalue weighted by Crippen LogP contribution is -2.44. The maximum atomic E-state index is 12.8. The second-order valence-corrected chi connectivity index (χ2v) is 8.20. The van der Waals surface area contributed by atoms with Crippen LogP contribution in [0.2, 0.25) is 0 Å². The number of hydrogen-bond donors (Lipinski definition) is 1. The maximum absolute atomic E-state index is 12.8. The minimum atomic E-state index is -3.42. The van der Waals surface area contributed by atoms with Crippen LogP contribution in [0.3, 0.4) is 0 Å². The van der Waals surface area contributed by atoms with Crippen molar-refractivity contribution in [2.24, 2.45) is 11.8 Å². The number of piperidine rings is 1. The van der Waals surface area contributed by atoms with Gasteiger partial charge in [-0.1, -0.05) is 31.4 Å². The number of benzene rings is 1. The first-order valence-electron chi connectivity index (χ1n) is 7.81. The fraction of sp³-hybridized carbons (Fsp3) is 0.625. The third kappa shape index (κ3) is 3.00. The number of nitrogens with zero attached hydrogens (tertiary/aromatic N) is 1. The third-order valence-electron chi connectivity index (χ3n) is 4.97. The summed E-state index contributed by atoms with van der Waals surface area (Å²) in [4.78, 5) is 0.309. The molecule has 1 saturated carbocycles. The molecule has 0 bridgehead atoms. The quantitative estimate of drug-likeness (QED) is 0.932. The molecule has 1 aromatic rings. The summed E-state index contributed by atoms with van der Waals surface area (Å²) in [6.45, 7) is 1.16. The molecule has 116 valence electrons. The van der Waals surface area contributed by atoms with Gasteiger partial charge in [0.05, 0.1) is 11.5 Å². The summed E-state index contributed by atoms with van der Waals surface area (Å²) >= 11 is 0. The van der Waals surface area contributed by atoms with E-state index in [1.54, 1.807) is 28.6 Å². The van der Waals surface area contributed by atoms with E-state index >= 15 is 0 Å². The Kier molecular flexibility index (Phi) is 4.33. The van der Waals surface area contributed by atoms with Crippen molar-refractivity contribution < 1.29 is 13.5 Å². The van der Waals surface area contributed by atoms with Gasteiger partial charge in [0, 0.05) is 13.1 Å². The van der Waals surface area contributed by atoms with Gasteiger partial charge in [-0.05, 0) is 42.4 Å². The largest absolute Gasteiger partial charge is 0.392 e. The maximum Gasteiger partial charge on any atom is 0.243 e. The van der Waals surface area contributed by atoms with Crippen LogP contribution in [0.15, 0.2) is 29.2 Å². The highest BCUT2D eigenvalue weighted by Crippen LogP contribution is 2.37. The first-order valence-corrected chi connectivity index (χ1v) is 9.25. The van der Waals surface area contributed by atoms with Crippen molar-refractivity contribution in [1.29, 1.82) is 0 Å². The molecule has 1 saturated heterocycles. The van der Waals surface area contributed by atoms with Gasteiger partial charge in [0.2, 0.25) is 10.0 Å². The van der Waals surface area contributed by atoms with Crippen LogP contribution in [0, 0.1) is 11.8 Å². The monoisotopic (exact) mass is 309 g/mol. The van der Waals surface area contributed by atoms with E-state index in [9.17, 15) is 13.5 Å². The van der Waals surface area contributed by atoms with E-state index in [2.05, 4.69) is 0 Å². The Bertz CT molecular complexity index is 599. The molecule has 2 atom stereocenters. The number of aliphatic hydroxyl groups excluding tert-OH is 1. The summed E-state index contributed by atoms with van der Waals surface area (Å²) in [5, 5.41) is 9.18. The van der Waals surface area contributed by atoms with E-state index in [0.29, 0.717) is 35.4 Å². The minimum Gasteiger partial charge on any atom is -0.392 e. The zero-order chi connectivity index (χ0) is 14.9. The van der Waals surface area contributed by atoms with Gasteiger partial charge in [0.15, 0.2) is 0 Å². The first kappa shape index (κ1) is 15.0. The molecule has 3 rings (SSSR count). The molecule has 2 aliphatic rings. The third-order valence-corrected chi connectivity index (χ3v) is 6.83. The lowest BCUT2D eigenvalue weighted by atomic mass is 9.76. The van der Waals surface area contributed by atoms with Gasteiger partial charge in [-0.3, -0.25) is 0 Å². The number of sulfonamides is 1. The van der Waals surface area contributed by atoms with Gasteiger partial charge >= 0.3 is 0 Å². The van der Waals surface area contributed by atoms with Gasteiger partial charge in [0.25, 0.3) is 0 Å². The molecule has 21 heavy (non-hydrogen) atoms. The van der Waals surface area contributed by atoms with Crippen molar-refractivity contribution in [3.8, 4) is 0 Å². The Morgan fingerprint density at radius 3 is 2.67 bits per heavy atom. The highest BCUT2D eigenvalue weighted by molar-refractivity contribution is 7.89. The molecule has 1 heterocycles. The van der Waals surface area contributed by atoms with Crippen molar-refractivity contribution in [2.75, 3.05) is 13.1 Å². The van der Waals surface area contributed by atoms with Crippen LogP contribution >= 0.6 is 0 Å². The van der Waals surface area contributed by atoms with Crippen LogP contribution in [-0.2, 0) is 16.6 Å². The van der Waals surface area contributed by atoms with Crippen molar-refractivity contribution in [3.05, 3.63) is 29.8 Å². The predicted octanol–water partition coefficient (Wildman–Crippen LogP) is 2.38. The predicted molar refractivity (Wildman–Crippen MR) is 81.2 cm³/mol. The smallest absolute Gasteiger partial charge is 0.243 e. The molecule has 2 fully saturated rings. The molecule has 0 amide bonds. The van der Waals surface area contributed by atoms with Gasteiger partial charge in [-0.15, -0.1) is 0 Å². The van der Waals surface area contributed by atoms with E-state index in [0.717, 1.165) is 12.8 Å². The zero-order valence-electron chi connectivity index (χ0n) is 12.2. The van der Waals surface area contributed by atoms with Gasteiger partial charge in [-0.2, -0.15) is 4.31 Å². The van der Waals surface area contributed by atoms with E-state index in [1.807, 2.05) is 0 Å². The summed E-state index contributed by atoms with van der Waals surface area (Å²) in [7, 11) is -3.42. The fourth-order valence-electron chi connectivity index (χ4n) is 3.74. The minimum absolute atomic E-state index is 0.131. The lowest BCUT2D eigenvalue weighted by molar-refractivity contribution is 0.136. The Morgan fingerprint density at radius 2 is 1.90 bits per heavy atom. The molecular formula is C16H23NO3S. The molecule has 1 aliphatic heterocycles. The van der Waals surface area contributed by atoms with Crippen molar-refractivity contribution in [3.63, 3.8) is 0 Å². The van der Waals surface area contributed by atoms with Crippen LogP contribution < -0.4 is 0 Å². The Hall–Kier alpha value is -0.910. The molecule has 2 unspecified atom stereocenters. The van der Waals surface area contributed by atoms with Crippen LogP contribution in [0.5, 0.6) is 0 Å². The average molecular weight is 309 g/mol. The highest BCUT2D eigenvalue weighted by Gasteiger charge is 2.36. The molecule has 1 aliphatic carbocycles. The van der Waals surface area contributed by atoms with Crippen molar-refractivity contribution >= 4 is 10.0 Å². The van der Waals surface area contributed by atoms with Crippen LogP contribution in [0.25, 0.3) is 0 Å². The molecule has 0 spiro atoms. The van der Waals surface area contributed by atoms with Gasteiger partial charge < -0.3 is 5.11 Å². The number of fused-ring (bicyclic) bond motifs is 1. The SMILES string of the molecule is O=S(=O)(c1cccc(CO)c1)N1CCC2CCCCC2C1. The molecule has 0 radical (unpaired) electrons. The van der Waals surface area contributed by atoms with E-state index in [-0.39, 0.29) is 6.61 Å². The molecule has 4 nitrogen and oxygen atoms in total. The summed E-state index contributed by atoms with van der Waals surface area (Å²) < 4.78 is 27.2. The van der Waals surface area contributed by atoms with Crippen LogP contribution in [0.4, 0.5) is 0 Å². The first-order chi connectivity index (χ1) is 10.1. The highest BCUT2D eigenvalue weighted by atomic mass is 32.2. The number of aliphatic hydroxyl groups is 1. The summed E-state index contributed by atoms with van der Waals surface area (Å²) in [6, 6.07) is 6.65. The Balaban J connectivity index is 1.81. The Labute approximate surface area is 126 Å². The topological polar surface area (TPSA) is 57.6 Å². The van der Waals surface area contributed by atoms with E-state index in [4.69, 9.17) is 0 Å². The molecular weight excluding hydrogens is 286 g/mol. The standard InChI is InChI=1S/C16H23NO3S/c18-12-13-4-3-7-16(10-13)21(19,20)17-9-8-14-5-1-2-6-15(14)11-17/h3-4,7,10,14-15,18H,1-2,5-6,8-9,11-12H2. The molecule has 5 heteroatoms. The van der Waals surface area contributed by atoms with Crippen molar-refractivity contribution in [1.82, 2.24) is 4.31 Å². The van der Waals surface area contributed by atoms with Crippen LogP contribution in [0.1, 0.15) is 37.7 Å². The Morgan fingerprint density at radius 1 is 1.14 bits per heavy atom. The fourth-order valence-corrected chi connectivity index (χ4v) is 5.32. The van der Waals surface area contributed by atoms with Gasteiger partial charge in [0.1, 0.15) is 0 Å². The summed E-state index contributed by atoms with van der Waals surface area (Å²) in [6.07, 6.45) is 5.94. The van der Waals surface area contributed by atoms with Gasteiger partial charge in [-0.25, -0.2) is 8.42 Å². The van der Waals surface area contributed by atoms with Crippen molar-refractivity contribution in [2.45, 2.75) is 43.6 Å². The lowest BCUT2D eigenvalue weighted by Gasteiger charge is -2.40. The molecule has 1 aromatic carbocycles. The second kappa shape index (κ2) is 6.07. The van der Waals surface area contributed by atoms with E-state index < -0.39 is 10.0 Å².